The van der Waals surface area contributed by atoms with Gasteiger partial charge in [-0.1, -0.05) is 51.1 Å². The van der Waals surface area contributed by atoms with Crippen molar-refractivity contribution in [3.8, 4) is 0 Å². The molecule has 2 rings (SSSR count). The van der Waals surface area contributed by atoms with Crippen LogP contribution in [0, 0.1) is 5.41 Å². The molecule has 0 bridgehead atoms. The highest BCUT2D eigenvalue weighted by molar-refractivity contribution is 5.85. The number of hydrogen-bond donors (Lipinski definition) is 2. The molecule has 0 aliphatic carbocycles. The quantitative estimate of drug-likeness (QED) is 0.814. The average molecular weight is 339 g/mol. The van der Waals surface area contributed by atoms with E-state index in [1.165, 1.54) is 18.4 Å². The Balaban J connectivity index is 0.00000264. The van der Waals surface area contributed by atoms with E-state index in [0.29, 0.717) is 12.5 Å². The van der Waals surface area contributed by atoms with Gasteiger partial charge in [0, 0.05) is 12.5 Å². The Morgan fingerprint density at radius 1 is 1.30 bits per heavy atom. The highest BCUT2D eigenvalue weighted by Gasteiger charge is 2.22. The number of carbonyl (C=O) groups is 1. The van der Waals surface area contributed by atoms with Crippen LogP contribution in [0.5, 0.6) is 0 Å². The number of nitrogens with one attached hydrogen (secondary N) is 2. The van der Waals surface area contributed by atoms with Crippen molar-refractivity contribution in [2.45, 2.75) is 65.0 Å². The summed E-state index contributed by atoms with van der Waals surface area (Å²) >= 11 is 0. The molecule has 0 spiro atoms. The van der Waals surface area contributed by atoms with Crippen LogP contribution in [0.25, 0.3) is 0 Å². The molecule has 1 aliphatic heterocycles. The molecule has 0 aromatic heterocycles. The third-order valence-corrected chi connectivity index (χ3v) is 4.24. The molecule has 130 valence electrons. The zero-order valence-corrected chi connectivity index (χ0v) is 15.4. The summed E-state index contributed by atoms with van der Waals surface area (Å²) in [6.45, 7) is 7.76. The van der Waals surface area contributed by atoms with Crippen LogP contribution < -0.4 is 10.6 Å². The summed E-state index contributed by atoms with van der Waals surface area (Å²) < 4.78 is 0. The number of amides is 1. The van der Waals surface area contributed by atoms with Gasteiger partial charge >= 0.3 is 0 Å². The fourth-order valence-electron chi connectivity index (χ4n) is 3.12. The van der Waals surface area contributed by atoms with E-state index < -0.39 is 0 Å². The molecule has 1 aliphatic rings. The molecule has 1 amide bonds. The van der Waals surface area contributed by atoms with Crippen LogP contribution in [0.2, 0.25) is 0 Å². The molecular formula is C19H31ClN2O. The number of benzene rings is 1. The van der Waals surface area contributed by atoms with E-state index in [9.17, 15) is 4.79 Å². The van der Waals surface area contributed by atoms with Crippen LogP contribution >= 0.6 is 12.4 Å². The second-order valence-electron chi connectivity index (χ2n) is 7.63. The third-order valence-electron chi connectivity index (χ3n) is 4.24. The first-order chi connectivity index (χ1) is 10.4. The monoisotopic (exact) mass is 338 g/mol. The minimum atomic E-state index is 0. The van der Waals surface area contributed by atoms with Crippen molar-refractivity contribution in [2.24, 2.45) is 5.41 Å². The van der Waals surface area contributed by atoms with Crippen LogP contribution in [0.15, 0.2) is 30.3 Å². The second kappa shape index (κ2) is 9.29. The summed E-state index contributed by atoms with van der Waals surface area (Å²) in [7, 11) is 0. The zero-order chi connectivity index (χ0) is 16.0. The number of halogens is 1. The lowest BCUT2D eigenvalue weighted by atomic mass is 9.85. The number of carbonyl (C=O) groups excluding carboxylic acids is 1. The topological polar surface area (TPSA) is 41.1 Å². The maximum atomic E-state index is 12.3. The van der Waals surface area contributed by atoms with Gasteiger partial charge in [-0.05, 0) is 43.2 Å². The number of hydrogen-bond acceptors (Lipinski definition) is 2. The maximum Gasteiger partial charge on any atom is 0.220 e. The van der Waals surface area contributed by atoms with Gasteiger partial charge in [-0.15, -0.1) is 12.4 Å². The van der Waals surface area contributed by atoms with Crippen molar-refractivity contribution in [3.05, 3.63) is 35.9 Å². The highest BCUT2D eigenvalue weighted by Crippen LogP contribution is 2.29. The largest absolute Gasteiger partial charge is 0.349 e. The van der Waals surface area contributed by atoms with E-state index in [1.807, 2.05) is 18.2 Å². The Hall–Kier alpha value is -1.06. The molecule has 3 nitrogen and oxygen atoms in total. The van der Waals surface area contributed by atoms with Gasteiger partial charge in [0.15, 0.2) is 0 Å². The van der Waals surface area contributed by atoms with Gasteiger partial charge < -0.3 is 10.6 Å². The summed E-state index contributed by atoms with van der Waals surface area (Å²) in [5.74, 6) is 0.173. The average Bonchev–Trinajstić information content (AvgIpc) is 2.97. The smallest absolute Gasteiger partial charge is 0.220 e. The van der Waals surface area contributed by atoms with Crippen LogP contribution in [0.1, 0.15) is 64.5 Å². The maximum absolute atomic E-state index is 12.3. The molecule has 1 heterocycles. The molecule has 0 saturated carbocycles. The highest BCUT2D eigenvalue weighted by atomic mass is 35.5. The molecular weight excluding hydrogens is 308 g/mol. The fourth-order valence-corrected chi connectivity index (χ4v) is 3.12. The molecule has 1 fully saturated rings. The lowest BCUT2D eigenvalue weighted by Crippen LogP contribution is -2.32. The van der Waals surface area contributed by atoms with Crippen molar-refractivity contribution in [1.29, 1.82) is 0 Å². The lowest BCUT2D eigenvalue weighted by Gasteiger charge is -2.27. The predicted molar refractivity (Wildman–Crippen MR) is 98.9 cm³/mol. The first kappa shape index (κ1) is 20.0. The van der Waals surface area contributed by atoms with Crippen molar-refractivity contribution in [1.82, 2.24) is 10.6 Å². The standard InChI is InChI=1S/C19H30N2O.ClH/c1-19(2,3)14-17(15-8-5-4-6-9-15)21-18(22)12-11-16-10-7-13-20-16;/h4-6,8-9,16-17,20H,7,10-14H2,1-3H3,(H,21,22);1H. The van der Waals surface area contributed by atoms with Crippen LogP contribution in [0.4, 0.5) is 0 Å². The Morgan fingerprint density at radius 2 is 2.00 bits per heavy atom. The van der Waals surface area contributed by atoms with Gasteiger partial charge in [0.25, 0.3) is 0 Å². The molecule has 1 aromatic rings. The van der Waals surface area contributed by atoms with E-state index in [0.717, 1.165) is 19.4 Å². The Morgan fingerprint density at radius 3 is 2.57 bits per heavy atom. The molecule has 0 radical (unpaired) electrons. The molecule has 2 atom stereocenters. The lowest BCUT2D eigenvalue weighted by molar-refractivity contribution is -0.122. The Kier molecular flexibility index (Phi) is 8.07. The van der Waals surface area contributed by atoms with Crippen LogP contribution in [0.3, 0.4) is 0 Å². The van der Waals surface area contributed by atoms with Gasteiger partial charge in [-0.2, -0.15) is 0 Å². The minimum absolute atomic E-state index is 0. The third kappa shape index (κ3) is 7.36. The number of rotatable bonds is 6. The normalized spacial score (nSPS) is 19.0. The van der Waals surface area contributed by atoms with Crippen molar-refractivity contribution < 1.29 is 4.79 Å². The van der Waals surface area contributed by atoms with E-state index in [2.05, 4.69) is 43.5 Å². The summed E-state index contributed by atoms with van der Waals surface area (Å²) in [5, 5.41) is 6.70. The predicted octanol–water partition coefficient (Wildman–Crippen LogP) is 4.23. The molecule has 2 N–H and O–H groups in total. The Bertz CT molecular complexity index is 464. The second-order valence-corrected chi connectivity index (χ2v) is 7.63. The molecule has 2 unspecified atom stereocenters. The van der Waals surface area contributed by atoms with Crippen molar-refractivity contribution in [3.63, 3.8) is 0 Å². The van der Waals surface area contributed by atoms with E-state index in [1.54, 1.807) is 0 Å². The van der Waals surface area contributed by atoms with E-state index >= 15 is 0 Å². The van der Waals surface area contributed by atoms with Gasteiger partial charge in [0.2, 0.25) is 5.91 Å². The van der Waals surface area contributed by atoms with Crippen molar-refractivity contribution in [2.75, 3.05) is 6.54 Å². The van der Waals surface area contributed by atoms with Gasteiger partial charge in [-0.3, -0.25) is 4.79 Å². The molecule has 1 saturated heterocycles. The van der Waals surface area contributed by atoms with E-state index in [-0.39, 0.29) is 29.8 Å². The van der Waals surface area contributed by atoms with Crippen LogP contribution in [-0.2, 0) is 4.79 Å². The summed E-state index contributed by atoms with van der Waals surface area (Å²) in [5.41, 5.74) is 1.38. The van der Waals surface area contributed by atoms with Gasteiger partial charge in [0.05, 0.1) is 6.04 Å². The molecule has 23 heavy (non-hydrogen) atoms. The van der Waals surface area contributed by atoms with E-state index in [4.69, 9.17) is 0 Å². The molecule has 4 heteroatoms. The fraction of sp³-hybridized carbons (Fsp3) is 0.632. The SMILES string of the molecule is CC(C)(C)CC(NC(=O)CCC1CCCN1)c1ccccc1.Cl. The first-order valence-electron chi connectivity index (χ1n) is 8.52. The van der Waals surface area contributed by atoms with Gasteiger partial charge in [0.1, 0.15) is 0 Å². The summed E-state index contributed by atoms with van der Waals surface area (Å²) in [6.07, 6.45) is 4.96. The van der Waals surface area contributed by atoms with Gasteiger partial charge in [-0.25, -0.2) is 0 Å². The minimum Gasteiger partial charge on any atom is -0.349 e. The first-order valence-corrected chi connectivity index (χ1v) is 8.52. The Labute approximate surface area is 147 Å². The zero-order valence-electron chi connectivity index (χ0n) is 14.6. The van der Waals surface area contributed by atoms with Crippen molar-refractivity contribution >= 4 is 18.3 Å². The summed E-state index contributed by atoms with van der Waals surface area (Å²) in [4.78, 5) is 12.3. The summed E-state index contributed by atoms with van der Waals surface area (Å²) in [6, 6.07) is 10.9. The molecule has 1 aromatic carbocycles. The van der Waals surface area contributed by atoms with Crippen LogP contribution in [-0.4, -0.2) is 18.5 Å².